The zero-order valence-electron chi connectivity index (χ0n) is 22.3. The third kappa shape index (κ3) is 7.29. The van der Waals surface area contributed by atoms with E-state index in [0.717, 1.165) is 25.7 Å². The number of aliphatic hydroxyl groups is 1. The highest BCUT2D eigenvalue weighted by Crippen LogP contribution is 2.44. The van der Waals surface area contributed by atoms with Crippen molar-refractivity contribution in [1.82, 2.24) is 5.32 Å². The van der Waals surface area contributed by atoms with Crippen LogP contribution in [0.1, 0.15) is 93.4 Å². The average molecular weight is 445 g/mol. The second-order valence-electron chi connectivity index (χ2n) is 11.6. The van der Waals surface area contributed by atoms with Gasteiger partial charge in [0.1, 0.15) is 6.17 Å². The summed E-state index contributed by atoms with van der Waals surface area (Å²) in [6.45, 7) is 16.0. The van der Waals surface area contributed by atoms with E-state index in [4.69, 9.17) is 4.99 Å². The Morgan fingerprint density at radius 1 is 1.25 bits per heavy atom. The van der Waals surface area contributed by atoms with E-state index in [1.54, 1.807) is 0 Å². The minimum absolute atomic E-state index is 0.200. The molecule has 0 aromatic heterocycles. The molecule has 3 nitrogen and oxygen atoms in total. The first-order valence-corrected chi connectivity index (χ1v) is 13.4. The molecule has 184 valence electrons. The van der Waals surface area contributed by atoms with Gasteiger partial charge in [-0.15, -0.1) is 0 Å². The molecule has 0 aromatic carbocycles. The molecule has 2 rings (SSSR count). The number of rotatable bonds is 10. The SMILES string of the molecule is CCC[C@@H](CC1CC(C(/C=C\C(C)(C)C)CC)C=NC1NC)[C@@H]1[C@H](CC)C(C)=CC[C@@H]1O. The van der Waals surface area contributed by atoms with Crippen molar-refractivity contribution in [3.05, 3.63) is 23.8 Å². The van der Waals surface area contributed by atoms with Crippen molar-refractivity contribution in [2.75, 3.05) is 7.05 Å². The first-order chi connectivity index (χ1) is 15.1. The molecule has 0 bridgehead atoms. The van der Waals surface area contributed by atoms with Gasteiger partial charge in [0, 0.05) is 12.1 Å². The quantitative estimate of drug-likeness (QED) is 0.355. The van der Waals surface area contributed by atoms with E-state index in [-0.39, 0.29) is 17.7 Å². The number of nitrogens with zero attached hydrogens (tertiary/aromatic N) is 1. The molecular weight excluding hydrogens is 392 g/mol. The topological polar surface area (TPSA) is 44.6 Å². The lowest BCUT2D eigenvalue weighted by molar-refractivity contribution is 0.0207. The number of allylic oxidation sites excluding steroid dienone is 3. The van der Waals surface area contributed by atoms with Crippen LogP contribution in [-0.2, 0) is 0 Å². The molecule has 8 atom stereocenters. The largest absolute Gasteiger partial charge is 0.392 e. The molecule has 2 N–H and O–H groups in total. The van der Waals surface area contributed by atoms with Crippen LogP contribution < -0.4 is 5.32 Å². The number of nitrogens with one attached hydrogen (secondary N) is 1. The van der Waals surface area contributed by atoms with Gasteiger partial charge in [0.2, 0.25) is 0 Å². The zero-order valence-corrected chi connectivity index (χ0v) is 22.3. The Morgan fingerprint density at radius 3 is 2.53 bits per heavy atom. The second kappa shape index (κ2) is 12.5. The van der Waals surface area contributed by atoms with E-state index in [0.29, 0.717) is 35.5 Å². The Labute approximate surface area is 199 Å². The summed E-state index contributed by atoms with van der Waals surface area (Å²) in [4.78, 5) is 5.01. The molecule has 0 saturated heterocycles. The zero-order chi connectivity index (χ0) is 23.9. The Balaban J connectivity index is 2.23. The highest BCUT2D eigenvalue weighted by Gasteiger charge is 2.40. The van der Waals surface area contributed by atoms with Crippen LogP contribution in [0.5, 0.6) is 0 Å². The molecule has 1 aliphatic heterocycles. The summed E-state index contributed by atoms with van der Waals surface area (Å²) in [6.07, 6.45) is 17.2. The molecule has 0 radical (unpaired) electrons. The lowest BCUT2D eigenvalue weighted by atomic mass is 9.65. The minimum atomic E-state index is -0.200. The predicted octanol–water partition coefficient (Wildman–Crippen LogP) is 7.03. The maximum absolute atomic E-state index is 11.1. The summed E-state index contributed by atoms with van der Waals surface area (Å²) in [5, 5.41) is 14.6. The monoisotopic (exact) mass is 444 g/mol. The van der Waals surface area contributed by atoms with E-state index in [1.165, 1.54) is 24.8 Å². The first kappa shape index (κ1) is 27.3. The van der Waals surface area contributed by atoms with Gasteiger partial charge in [0.15, 0.2) is 0 Å². The standard InChI is InChI=1S/C29H52N2O/c1-9-12-22(27-25(11-3)20(4)13-14-26(27)32)17-23-18-24(19-31-28(23)30-8)21(10-2)15-16-29(5,6)7/h13,15-16,19,21-28,30,32H,9-12,14,17-18H2,1-8H3/b16-15-/t21?,22-,23?,24?,25+,26-,27+,28?/m0/s1. The lowest BCUT2D eigenvalue weighted by Crippen LogP contribution is -2.43. The normalized spacial score (nSPS) is 33.3. The van der Waals surface area contributed by atoms with Crippen LogP contribution in [0.25, 0.3) is 0 Å². The average Bonchev–Trinajstić information content (AvgIpc) is 2.74. The van der Waals surface area contributed by atoms with Crippen LogP contribution in [-0.4, -0.2) is 30.6 Å². The molecule has 0 aromatic rings. The molecule has 0 fully saturated rings. The molecule has 0 saturated carbocycles. The van der Waals surface area contributed by atoms with Crippen molar-refractivity contribution in [1.29, 1.82) is 0 Å². The Kier molecular flexibility index (Phi) is 10.7. The number of aliphatic imine (C=N–C) groups is 1. The van der Waals surface area contributed by atoms with Gasteiger partial charge in [0.05, 0.1) is 6.10 Å². The molecule has 2 aliphatic rings. The molecule has 1 aliphatic carbocycles. The van der Waals surface area contributed by atoms with E-state index in [1.807, 2.05) is 0 Å². The summed E-state index contributed by atoms with van der Waals surface area (Å²) < 4.78 is 0. The van der Waals surface area contributed by atoms with Crippen LogP contribution in [0, 0.1) is 40.9 Å². The van der Waals surface area contributed by atoms with Gasteiger partial charge in [-0.25, -0.2) is 0 Å². The summed E-state index contributed by atoms with van der Waals surface area (Å²) in [5.74, 6) is 3.05. The molecule has 0 spiro atoms. The molecule has 4 unspecified atom stereocenters. The van der Waals surface area contributed by atoms with E-state index >= 15 is 0 Å². The molecular formula is C29H52N2O. The number of aliphatic hydroxyl groups excluding tert-OH is 1. The predicted molar refractivity (Wildman–Crippen MR) is 140 cm³/mol. The van der Waals surface area contributed by atoms with Crippen LogP contribution in [0.4, 0.5) is 0 Å². The number of hydrogen-bond donors (Lipinski definition) is 2. The third-order valence-electron chi connectivity index (χ3n) is 8.04. The van der Waals surface area contributed by atoms with Gasteiger partial charge in [-0.3, -0.25) is 10.3 Å². The molecule has 32 heavy (non-hydrogen) atoms. The highest BCUT2D eigenvalue weighted by atomic mass is 16.3. The second-order valence-corrected chi connectivity index (χ2v) is 11.6. The minimum Gasteiger partial charge on any atom is -0.392 e. The van der Waals surface area contributed by atoms with Crippen molar-refractivity contribution in [3.63, 3.8) is 0 Å². The number of hydrogen-bond acceptors (Lipinski definition) is 3. The van der Waals surface area contributed by atoms with Crippen molar-refractivity contribution in [3.8, 4) is 0 Å². The van der Waals surface area contributed by atoms with E-state index < -0.39 is 0 Å². The van der Waals surface area contributed by atoms with Gasteiger partial charge in [-0.1, -0.05) is 78.2 Å². The van der Waals surface area contributed by atoms with Crippen molar-refractivity contribution < 1.29 is 5.11 Å². The highest BCUT2D eigenvalue weighted by molar-refractivity contribution is 5.63. The van der Waals surface area contributed by atoms with Crippen LogP contribution in [0.15, 0.2) is 28.8 Å². The van der Waals surface area contributed by atoms with Crippen molar-refractivity contribution in [2.24, 2.45) is 45.9 Å². The van der Waals surface area contributed by atoms with Gasteiger partial charge in [-0.2, -0.15) is 0 Å². The Bertz CT molecular complexity index is 644. The maximum Gasteiger partial charge on any atom is 0.102 e. The van der Waals surface area contributed by atoms with E-state index in [9.17, 15) is 5.11 Å². The summed E-state index contributed by atoms with van der Waals surface area (Å²) in [7, 11) is 2.05. The van der Waals surface area contributed by atoms with Crippen LogP contribution in [0.3, 0.4) is 0 Å². The fourth-order valence-electron chi connectivity index (χ4n) is 6.33. The molecule has 3 heteroatoms. The maximum atomic E-state index is 11.1. The fourth-order valence-corrected chi connectivity index (χ4v) is 6.33. The van der Waals surface area contributed by atoms with Gasteiger partial charge < -0.3 is 5.11 Å². The molecule has 0 amide bonds. The molecule has 1 heterocycles. The Hall–Kier alpha value is -0.930. The summed E-state index contributed by atoms with van der Waals surface area (Å²) >= 11 is 0. The summed E-state index contributed by atoms with van der Waals surface area (Å²) in [6, 6.07) is 0. The Morgan fingerprint density at radius 2 is 1.97 bits per heavy atom. The lowest BCUT2D eigenvalue weighted by Gasteiger charge is -2.43. The first-order valence-electron chi connectivity index (χ1n) is 13.4. The van der Waals surface area contributed by atoms with Crippen molar-refractivity contribution >= 4 is 6.21 Å². The van der Waals surface area contributed by atoms with E-state index in [2.05, 4.69) is 85.3 Å². The van der Waals surface area contributed by atoms with Crippen LogP contribution in [0.2, 0.25) is 0 Å². The van der Waals surface area contributed by atoms with Gasteiger partial charge in [-0.05, 0) is 81.1 Å². The van der Waals surface area contributed by atoms with Crippen molar-refractivity contribution in [2.45, 2.75) is 106 Å². The summed E-state index contributed by atoms with van der Waals surface area (Å²) in [5.41, 5.74) is 1.71. The van der Waals surface area contributed by atoms with Gasteiger partial charge >= 0.3 is 0 Å². The van der Waals surface area contributed by atoms with Gasteiger partial charge in [0.25, 0.3) is 0 Å². The third-order valence-corrected chi connectivity index (χ3v) is 8.04. The fraction of sp³-hybridized carbons (Fsp3) is 0.828. The van der Waals surface area contributed by atoms with Crippen LogP contribution >= 0.6 is 0 Å². The smallest absolute Gasteiger partial charge is 0.102 e.